The number of amides is 2. The quantitative estimate of drug-likeness (QED) is 0.313. The van der Waals surface area contributed by atoms with Crippen molar-refractivity contribution in [3.05, 3.63) is 52.9 Å². The maximum Gasteiger partial charge on any atom is 0.261 e. The fraction of sp³-hybridized carbons (Fsp3) is 0.444. The second-order valence-electron chi connectivity index (χ2n) is 10.8. The van der Waals surface area contributed by atoms with Crippen LogP contribution in [-0.2, 0) is 9.59 Å². The van der Waals surface area contributed by atoms with Crippen molar-refractivity contribution < 1.29 is 33.7 Å². The lowest BCUT2D eigenvalue weighted by Gasteiger charge is -2.56. The summed E-state index contributed by atoms with van der Waals surface area (Å²) in [4.78, 5) is 25.9. The molecule has 3 atom stereocenters. The molecule has 12 heteroatoms. The number of ether oxygens (including phenoxy) is 2. The summed E-state index contributed by atoms with van der Waals surface area (Å²) in [6.45, 7) is -0.313. The van der Waals surface area contributed by atoms with Crippen molar-refractivity contribution in [2.45, 2.75) is 67.9 Å². The highest BCUT2D eigenvalue weighted by atomic mass is 35.5. The van der Waals surface area contributed by atoms with E-state index in [1.165, 1.54) is 12.3 Å². The van der Waals surface area contributed by atoms with Crippen LogP contribution in [0.25, 0.3) is 10.9 Å². The number of carbonyl (C=O) groups excluding carboxylic acids is 2. The Balaban J connectivity index is 1.05. The Morgan fingerprint density at radius 2 is 1.97 bits per heavy atom. The standard InChI is InChI=1S/C27H28ClFN4O6/c28-14-1-2-21-16(7-14)20(34)10-22(39-21)25(37)32-27-5-3-26(4-6-27,11-23(27)35)31-24(36)13-38-15-8-18(29)17-12-30-33-19(17)9-15/h1-2,7-9,12,20,22-23,34-35H,3-6,10-11,13H2,(H,30,33)(H,31,36)(H,32,37)/t20-,22-,23+,26?,27?/m1/s1. The minimum absolute atomic E-state index is 0.0720. The molecule has 0 radical (unpaired) electrons. The summed E-state index contributed by atoms with van der Waals surface area (Å²) in [7, 11) is 0. The van der Waals surface area contributed by atoms with Crippen LogP contribution in [-0.4, -0.2) is 62.1 Å². The van der Waals surface area contributed by atoms with Gasteiger partial charge in [-0.2, -0.15) is 5.10 Å². The first-order chi connectivity index (χ1) is 18.7. The number of nitrogens with one attached hydrogen (secondary N) is 3. The fourth-order valence-electron chi connectivity index (χ4n) is 6.11. The number of aromatic amines is 1. The first-order valence-corrected chi connectivity index (χ1v) is 13.2. The van der Waals surface area contributed by atoms with Crippen LogP contribution in [0.3, 0.4) is 0 Å². The smallest absolute Gasteiger partial charge is 0.261 e. The molecular weight excluding hydrogens is 531 g/mol. The molecule has 39 heavy (non-hydrogen) atoms. The van der Waals surface area contributed by atoms with Crippen molar-refractivity contribution in [2.75, 3.05) is 6.61 Å². The van der Waals surface area contributed by atoms with Gasteiger partial charge in [-0.3, -0.25) is 14.7 Å². The molecule has 0 unspecified atom stereocenters. The van der Waals surface area contributed by atoms with Crippen LogP contribution < -0.4 is 20.1 Å². The predicted octanol–water partition coefficient (Wildman–Crippen LogP) is 2.67. The first kappa shape index (κ1) is 25.8. The Hall–Kier alpha value is -3.41. The van der Waals surface area contributed by atoms with Gasteiger partial charge in [-0.15, -0.1) is 0 Å². The number of halogens is 2. The molecule has 206 valence electrons. The molecule has 1 aliphatic heterocycles. The van der Waals surface area contributed by atoms with Crippen LogP contribution in [0.1, 0.15) is 50.2 Å². The minimum atomic E-state index is -0.911. The number of benzene rings is 2. The number of hydrogen-bond acceptors (Lipinski definition) is 7. The van der Waals surface area contributed by atoms with Crippen LogP contribution in [0.15, 0.2) is 36.5 Å². The van der Waals surface area contributed by atoms with Gasteiger partial charge >= 0.3 is 0 Å². The van der Waals surface area contributed by atoms with Gasteiger partial charge in [-0.05, 0) is 50.3 Å². The lowest BCUT2D eigenvalue weighted by atomic mass is 9.59. The summed E-state index contributed by atoms with van der Waals surface area (Å²) in [5.74, 6) is -0.680. The van der Waals surface area contributed by atoms with Crippen LogP contribution >= 0.6 is 11.6 Å². The zero-order valence-corrected chi connectivity index (χ0v) is 21.6. The third kappa shape index (κ3) is 4.79. The average molecular weight is 559 g/mol. The van der Waals surface area contributed by atoms with E-state index in [1.54, 1.807) is 24.3 Å². The number of aliphatic hydroxyl groups excluding tert-OH is 2. The Bertz CT molecular complexity index is 1440. The topological polar surface area (TPSA) is 146 Å². The van der Waals surface area contributed by atoms with E-state index in [9.17, 15) is 24.2 Å². The van der Waals surface area contributed by atoms with Gasteiger partial charge < -0.3 is 30.3 Å². The highest BCUT2D eigenvalue weighted by Crippen LogP contribution is 2.47. The number of hydrogen-bond donors (Lipinski definition) is 5. The molecule has 5 N–H and O–H groups in total. The normalized spacial score (nSPS) is 29.4. The van der Waals surface area contributed by atoms with Crippen LogP contribution in [0.4, 0.5) is 4.39 Å². The average Bonchev–Trinajstić information content (AvgIpc) is 3.38. The molecule has 2 bridgehead atoms. The van der Waals surface area contributed by atoms with Crippen LogP contribution in [0.2, 0.25) is 5.02 Å². The second-order valence-corrected chi connectivity index (χ2v) is 11.2. The van der Waals surface area contributed by atoms with Crippen molar-refractivity contribution in [3.8, 4) is 11.5 Å². The van der Waals surface area contributed by atoms with Gasteiger partial charge in [-0.25, -0.2) is 4.39 Å². The maximum absolute atomic E-state index is 14.2. The Kier molecular flexibility index (Phi) is 6.40. The van der Waals surface area contributed by atoms with Gasteiger partial charge in [0.2, 0.25) is 0 Å². The maximum atomic E-state index is 14.2. The van der Waals surface area contributed by atoms with Crippen molar-refractivity contribution in [3.63, 3.8) is 0 Å². The summed E-state index contributed by atoms with van der Waals surface area (Å²) in [6, 6.07) is 7.65. The predicted molar refractivity (Wildman–Crippen MR) is 138 cm³/mol. The van der Waals surface area contributed by atoms with E-state index in [1.807, 2.05) is 0 Å². The zero-order valence-electron chi connectivity index (χ0n) is 20.9. The molecule has 7 rings (SSSR count). The van der Waals surface area contributed by atoms with E-state index in [4.69, 9.17) is 21.1 Å². The summed E-state index contributed by atoms with van der Waals surface area (Å²) < 4.78 is 25.5. The molecule has 2 heterocycles. The van der Waals surface area contributed by atoms with Gasteiger partial charge in [0.1, 0.15) is 17.3 Å². The molecule has 1 aromatic heterocycles. The van der Waals surface area contributed by atoms with E-state index in [-0.39, 0.29) is 31.1 Å². The highest BCUT2D eigenvalue weighted by Gasteiger charge is 2.56. The molecule has 0 saturated heterocycles. The van der Waals surface area contributed by atoms with E-state index in [2.05, 4.69) is 20.8 Å². The molecule has 3 saturated carbocycles. The Morgan fingerprint density at radius 3 is 2.74 bits per heavy atom. The number of rotatable bonds is 6. The number of H-pyrrole nitrogens is 1. The molecule has 3 aromatic rings. The SMILES string of the molecule is O=C(COc1cc(F)c2cn[nH]c2c1)NC12CCC(NC(=O)[C@H]3C[C@@H](O)c4cc(Cl)ccc4O3)(CC1)[C@@H](O)C2. The van der Waals surface area contributed by atoms with Gasteiger partial charge in [0.25, 0.3) is 11.8 Å². The van der Waals surface area contributed by atoms with Crippen LogP contribution in [0.5, 0.6) is 11.5 Å². The first-order valence-electron chi connectivity index (χ1n) is 12.9. The number of nitrogens with zero attached hydrogens (tertiary/aromatic N) is 1. The van der Waals surface area contributed by atoms with E-state index in [0.29, 0.717) is 52.9 Å². The summed E-state index contributed by atoms with van der Waals surface area (Å²) in [6.07, 6.45) is 1.06. The third-order valence-corrected chi connectivity index (χ3v) is 8.51. The summed E-state index contributed by atoms with van der Waals surface area (Å²) in [5, 5.41) is 34.9. The van der Waals surface area contributed by atoms with Gasteiger partial charge in [0.15, 0.2) is 12.7 Å². The van der Waals surface area contributed by atoms with Gasteiger partial charge in [0, 0.05) is 34.7 Å². The summed E-state index contributed by atoms with van der Waals surface area (Å²) in [5.41, 5.74) is -0.463. The summed E-state index contributed by atoms with van der Waals surface area (Å²) >= 11 is 6.01. The molecule has 4 aliphatic rings. The number of aromatic nitrogens is 2. The molecule has 2 aromatic carbocycles. The molecule has 3 aliphatic carbocycles. The lowest BCUT2D eigenvalue weighted by Crippen LogP contribution is -2.71. The fourth-order valence-corrected chi connectivity index (χ4v) is 6.29. The van der Waals surface area contributed by atoms with E-state index in [0.717, 1.165) is 0 Å². The van der Waals surface area contributed by atoms with Crippen molar-refractivity contribution >= 4 is 34.3 Å². The van der Waals surface area contributed by atoms with E-state index < -0.39 is 41.1 Å². The number of fused-ring (bicyclic) bond motifs is 5. The van der Waals surface area contributed by atoms with Crippen LogP contribution in [0, 0.1) is 5.82 Å². The highest BCUT2D eigenvalue weighted by molar-refractivity contribution is 6.30. The Morgan fingerprint density at radius 1 is 1.18 bits per heavy atom. The van der Waals surface area contributed by atoms with Gasteiger partial charge in [-0.1, -0.05) is 11.6 Å². The largest absolute Gasteiger partial charge is 0.484 e. The van der Waals surface area contributed by atoms with Crippen molar-refractivity contribution in [2.24, 2.45) is 0 Å². The van der Waals surface area contributed by atoms with E-state index >= 15 is 0 Å². The number of carbonyl (C=O) groups is 2. The van der Waals surface area contributed by atoms with Crippen molar-refractivity contribution in [1.82, 2.24) is 20.8 Å². The Labute approximate surface area is 227 Å². The van der Waals surface area contributed by atoms with Crippen molar-refractivity contribution in [1.29, 1.82) is 0 Å². The molecule has 3 fully saturated rings. The third-order valence-electron chi connectivity index (χ3n) is 8.28. The minimum Gasteiger partial charge on any atom is -0.484 e. The molecule has 0 spiro atoms. The molecule has 2 amide bonds. The monoisotopic (exact) mass is 558 g/mol. The zero-order chi connectivity index (χ0) is 27.4. The lowest BCUT2D eigenvalue weighted by molar-refractivity contribution is -0.141. The van der Waals surface area contributed by atoms with Gasteiger partial charge in [0.05, 0.1) is 34.8 Å². The molecule has 10 nitrogen and oxygen atoms in total. The second kappa shape index (κ2) is 9.65. The number of aliphatic hydroxyl groups is 2. The molecular formula is C27H28ClFN4O6.